The molecular weight excluding hydrogens is 372 g/mol. The molecule has 2 heterocycles. The van der Waals surface area contributed by atoms with E-state index in [9.17, 15) is 4.79 Å². The largest absolute Gasteiger partial charge is 0.363 e. The van der Waals surface area contributed by atoms with Crippen molar-refractivity contribution >= 4 is 22.5 Å². The summed E-state index contributed by atoms with van der Waals surface area (Å²) in [5, 5.41) is 4.47. The number of pyridine rings is 1. The first-order valence-corrected chi connectivity index (χ1v) is 10.2. The fourth-order valence-corrected chi connectivity index (χ4v) is 3.41. The van der Waals surface area contributed by atoms with Crippen LogP contribution in [0.25, 0.3) is 22.0 Å². The van der Waals surface area contributed by atoms with E-state index in [0.717, 1.165) is 33.5 Å². The zero-order chi connectivity index (χ0) is 20.9. The third-order valence-electron chi connectivity index (χ3n) is 5.22. The Hall–Kier alpha value is -3.60. The average Bonchev–Trinajstić information content (AvgIpc) is 2.80. The Labute approximate surface area is 176 Å². The number of nitrogens with one attached hydrogen (secondary N) is 1. The number of fused-ring (bicyclic) bond motifs is 1. The van der Waals surface area contributed by atoms with Crippen molar-refractivity contribution in [3.8, 4) is 11.1 Å². The second-order valence-electron chi connectivity index (χ2n) is 7.34. The smallest absolute Gasteiger partial charge is 0.138 e. The van der Waals surface area contributed by atoms with Gasteiger partial charge < -0.3 is 5.32 Å². The van der Waals surface area contributed by atoms with Gasteiger partial charge in [0.15, 0.2) is 0 Å². The van der Waals surface area contributed by atoms with Crippen LogP contribution in [0.1, 0.15) is 37.6 Å². The number of hydrogen-bond acceptors (Lipinski definition) is 5. The minimum Gasteiger partial charge on any atom is -0.363 e. The molecule has 1 unspecified atom stereocenters. The number of carbonyl (C=O) groups excluding carboxylic acids is 1. The van der Waals surface area contributed by atoms with Gasteiger partial charge in [0, 0.05) is 41.7 Å². The Balaban J connectivity index is 1.63. The van der Waals surface area contributed by atoms with Crippen LogP contribution in [-0.2, 0) is 11.2 Å². The molecule has 150 valence electrons. The Morgan fingerprint density at radius 3 is 2.50 bits per heavy atom. The number of carbonyl (C=O) groups is 1. The molecule has 30 heavy (non-hydrogen) atoms. The van der Waals surface area contributed by atoms with Gasteiger partial charge in [0.05, 0.1) is 5.52 Å². The van der Waals surface area contributed by atoms with Gasteiger partial charge in [-0.25, -0.2) is 9.97 Å². The fourth-order valence-electron chi connectivity index (χ4n) is 3.41. The van der Waals surface area contributed by atoms with Gasteiger partial charge in [0.2, 0.25) is 0 Å². The van der Waals surface area contributed by atoms with Crippen molar-refractivity contribution in [3.05, 3.63) is 84.4 Å². The first-order valence-electron chi connectivity index (χ1n) is 10.2. The van der Waals surface area contributed by atoms with Crippen molar-refractivity contribution in [3.63, 3.8) is 0 Å². The first kappa shape index (κ1) is 19.7. The standard InChI is InChI=1S/C25H24N4O/c1-3-22(30)14-21-11-9-20(15-26-21)19-10-12-24-23(13-19)25(28-16-27-24)29-17(2)18-7-5-4-6-8-18/h4-13,15-17H,3,14H2,1-2H3,(H,27,28,29). The maximum absolute atomic E-state index is 11.6. The van der Waals surface area contributed by atoms with E-state index >= 15 is 0 Å². The summed E-state index contributed by atoms with van der Waals surface area (Å²) in [4.78, 5) is 25.0. The van der Waals surface area contributed by atoms with Gasteiger partial charge in [-0.3, -0.25) is 9.78 Å². The SMILES string of the molecule is CCC(=O)Cc1ccc(-c2ccc3ncnc(NC(C)c4ccccc4)c3c2)cn1. The summed E-state index contributed by atoms with van der Waals surface area (Å²) in [7, 11) is 0. The summed E-state index contributed by atoms with van der Waals surface area (Å²) in [5.41, 5.74) is 4.91. The number of anilines is 1. The molecule has 2 aromatic carbocycles. The highest BCUT2D eigenvalue weighted by molar-refractivity contribution is 5.92. The van der Waals surface area contributed by atoms with Gasteiger partial charge >= 0.3 is 0 Å². The quantitative estimate of drug-likeness (QED) is 0.454. The van der Waals surface area contributed by atoms with Gasteiger partial charge in [-0.2, -0.15) is 0 Å². The van der Waals surface area contributed by atoms with E-state index in [4.69, 9.17) is 0 Å². The lowest BCUT2D eigenvalue weighted by Gasteiger charge is -2.16. The highest BCUT2D eigenvalue weighted by Crippen LogP contribution is 2.28. The highest BCUT2D eigenvalue weighted by atomic mass is 16.1. The third-order valence-corrected chi connectivity index (χ3v) is 5.22. The molecule has 5 heteroatoms. The van der Waals surface area contributed by atoms with Crippen LogP contribution in [0.4, 0.5) is 5.82 Å². The Bertz CT molecular complexity index is 1160. The molecule has 0 aliphatic carbocycles. The number of ketones is 1. The maximum Gasteiger partial charge on any atom is 0.138 e. The van der Waals surface area contributed by atoms with Gasteiger partial charge in [-0.15, -0.1) is 0 Å². The summed E-state index contributed by atoms with van der Waals surface area (Å²) in [6.07, 6.45) is 4.32. The third kappa shape index (κ3) is 4.35. The molecule has 5 nitrogen and oxygen atoms in total. The van der Waals surface area contributed by atoms with E-state index in [2.05, 4.69) is 45.4 Å². The fraction of sp³-hybridized carbons (Fsp3) is 0.200. The molecule has 0 fully saturated rings. The lowest BCUT2D eigenvalue weighted by molar-refractivity contribution is -0.118. The lowest BCUT2D eigenvalue weighted by atomic mass is 10.0. The number of rotatable bonds is 7. The molecule has 0 saturated heterocycles. The zero-order valence-corrected chi connectivity index (χ0v) is 17.2. The van der Waals surface area contributed by atoms with Crippen LogP contribution >= 0.6 is 0 Å². The Kier molecular flexibility index (Phi) is 5.80. The van der Waals surface area contributed by atoms with E-state index < -0.39 is 0 Å². The second kappa shape index (κ2) is 8.82. The van der Waals surface area contributed by atoms with Crippen LogP contribution in [0.5, 0.6) is 0 Å². The molecule has 0 aliphatic heterocycles. The molecule has 0 aliphatic rings. The predicted molar refractivity (Wildman–Crippen MR) is 120 cm³/mol. The van der Waals surface area contributed by atoms with Crippen molar-refractivity contribution in [1.82, 2.24) is 15.0 Å². The molecule has 2 aromatic heterocycles. The van der Waals surface area contributed by atoms with Crippen molar-refractivity contribution < 1.29 is 4.79 Å². The molecule has 0 bridgehead atoms. The summed E-state index contributed by atoms with van der Waals surface area (Å²) in [6, 6.07) is 20.5. The number of Topliss-reactive ketones (excluding diaryl/α,β-unsaturated/α-hetero) is 1. The Morgan fingerprint density at radius 2 is 1.77 bits per heavy atom. The molecule has 0 saturated carbocycles. The van der Waals surface area contributed by atoms with Gasteiger partial charge in [-0.1, -0.05) is 49.4 Å². The number of nitrogens with zero attached hydrogens (tertiary/aromatic N) is 3. The minimum atomic E-state index is 0.116. The molecule has 0 radical (unpaired) electrons. The van der Waals surface area contributed by atoms with Crippen molar-refractivity contribution in [1.29, 1.82) is 0 Å². The van der Waals surface area contributed by atoms with Crippen LogP contribution in [0.2, 0.25) is 0 Å². The van der Waals surface area contributed by atoms with Crippen LogP contribution in [0, 0.1) is 0 Å². The minimum absolute atomic E-state index is 0.116. The van der Waals surface area contributed by atoms with Crippen molar-refractivity contribution in [2.24, 2.45) is 0 Å². The molecule has 4 aromatic rings. The predicted octanol–water partition coefficient (Wildman–Crippen LogP) is 5.39. The van der Waals surface area contributed by atoms with Gasteiger partial charge in [0.1, 0.15) is 17.9 Å². The molecular formula is C25H24N4O. The van der Waals surface area contributed by atoms with E-state index in [-0.39, 0.29) is 11.8 Å². The summed E-state index contributed by atoms with van der Waals surface area (Å²) in [5.74, 6) is 0.998. The molecule has 1 atom stereocenters. The van der Waals surface area contributed by atoms with Crippen LogP contribution in [-0.4, -0.2) is 20.7 Å². The van der Waals surface area contributed by atoms with Crippen molar-refractivity contribution in [2.45, 2.75) is 32.7 Å². The van der Waals surface area contributed by atoms with Crippen molar-refractivity contribution in [2.75, 3.05) is 5.32 Å². The summed E-state index contributed by atoms with van der Waals surface area (Å²) < 4.78 is 0. The topological polar surface area (TPSA) is 67.8 Å². The summed E-state index contributed by atoms with van der Waals surface area (Å²) in [6.45, 7) is 3.99. The van der Waals surface area contributed by atoms with Crippen LogP contribution in [0.3, 0.4) is 0 Å². The van der Waals surface area contributed by atoms with E-state index in [1.165, 1.54) is 5.56 Å². The van der Waals surface area contributed by atoms with E-state index in [1.54, 1.807) is 6.33 Å². The molecule has 4 rings (SSSR count). The number of benzene rings is 2. The van der Waals surface area contributed by atoms with E-state index in [0.29, 0.717) is 12.8 Å². The maximum atomic E-state index is 11.6. The highest BCUT2D eigenvalue weighted by Gasteiger charge is 2.11. The van der Waals surface area contributed by atoms with Crippen LogP contribution in [0.15, 0.2) is 73.2 Å². The van der Waals surface area contributed by atoms with Crippen LogP contribution < -0.4 is 5.32 Å². The zero-order valence-electron chi connectivity index (χ0n) is 17.2. The molecule has 0 spiro atoms. The number of aromatic nitrogens is 3. The van der Waals surface area contributed by atoms with Gasteiger partial charge in [-0.05, 0) is 36.2 Å². The summed E-state index contributed by atoms with van der Waals surface area (Å²) >= 11 is 0. The normalized spacial score (nSPS) is 11.9. The average molecular weight is 396 g/mol. The number of hydrogen-bond donors (Lipinski definition) is 1. The van der Waals surface area contributed by atoms with Gasteiger partial charge in [0.25, 0.3) is 0 Å². The Morgan fingerprint density at radius 1 is 0.967 bits per heavy atom. The molecule has 0 amide bonds. The second-order valence-corrected chi connectivity index (χ2v) is 7.34. The lowest BCUT2D eigenvalue weighted by Crippen LogP contribution is -2.08. The first-order chi connectivity index (χ1) is 14.6. The monoisotopic (exact) mass is 396 g/mol. The molecule has 1 N–H and O–H groups in total. The van der Waals surface area contributed by atoms with E-state index in [1.807, 2.05) is 55.6 Å².